The Balaban J connectivity index is 1.97. The first-order valence-corrected chi connectivity index (χ1v) is 7.39. The molecule has 21 heavy (non-hydrogen) atoms. The quantitative estimate of drug-likeness (QED) is 0.798. The monoisotopic (exact) mass is 293 g/mol. The number of ketones is 1. The lowest BCUT2D eigenvalue weighted by atomic mass is 9.98. The van der Waals surface area contributed by atoms with E-state index in [4.69, 9.17) is 4.74 Å². The van der Waals surface area contributed by atoms with Crippen molar-refractivity contribution in [2.45, 2.75) is 45.3 Å². The van der Waals surface area contributed by atoms with Gasteiger partial charge in [-0.2, -0.15) is 0 Å². The number of nitrogens with zero attached hydrogens (tertiary/aromatic N) is 1. The zero-order valence-electron chi connectivity index (χ0n) is 13.3. The summed E-state index contributed by atoms with van der Waals surface area (Å²) in [4.78, 5) is 14.4. The molecule has 0 atom stereocenters. The molecule has 0 amide bonds. The second-order valence-corrected chi connectivity index (χ2v) is 6.99. The number of hydrogen-bond acceptors (Lipinski definition) is 3. The molecule has 0 unspecified atom stereocenters. The minimum Gasteiger partial charge on any atom is -0.367 e. The molecule has 0 bridgehead atoms. The Morgan fingerprint density at radius 2 is 1.76 bits per heavy atom. The van der Waals surface area contributed by atoms with Crippen LogP contribution in [0.5, 0.6) is 0 Å². The van der Waals surface area contributed by atoms with Gasteiger partial charge in [0.1, 0.15) is 5.82 Å². The summed E-state index contributed by atoms with van der Waals surface area (Å²) in [5.41, 5.74) is -0.282. The number of carbonyl (C=O) groups excluding carboxylic acids is 1. The van der Waals surface area contributed by atoms with Crippen LogP contribution in [0.3, 0.4) is 0 Å². The third-order valence-electron chi connectivity index (χ3n) is 3.59. The Morgan fingerprint density at radius 1 is 1.19 bits per heavy atom. The number of morpholine rings is 1. The number of carbonyl (C=O) groups is 1. The molecule has 0 N–H and O–H groups in total. The molecule has 116 valence electrons. The van der Waals surface area contributed by atoms with Crippen molar-refractivity contribution in [2.24, 2.45) is 0 Å². The lowest BCUT2D eigenvalue weighted by Gasteiger charge is -2.47. The number of hydrogen-bond donors (Lipinski definition) is 0. The largest absolute Gasteiger partial charge is 0.367 e. The van der Waals surface area contributed by atoms with E-state index in [9.17, 15) is 9.18 Å². The van der Waals surface area contributed by atoms with E-state index >= 15 is 0 Å². The summed E-state index contributed by atoms with van der Waals surface area (Å²) in [6.07, 6.45) is 0.326. The highest BCUT2D eigenvalue weighted by Gasteiger charge is 2.37. The van der Waals surface area contributed by atoms with Crippen LogP contribution in [-0.4, -0.2) is 41.5 Å². The maximum Gasteiger partial charge on any atom is 0.167 e. The molecule has 0 saturated carbocycles. The fraction of sp³-hybridized carbons (Fsp3) is 0.588. The lowest BCUT2D eigenvalue weighted by molar-refractivity contribution is -0.180. The molecule has 0 aromatic heterocycles. The summed E-state index contributed by atoms with van der Waals surface area (Å²) in [6.45, 7) is 10.4. The van der Waals surface area contributed by atoms with Crippen molar-refractivity contribution in [2.75, 3.05) is 19.6 Å². The fourth-order valence-electron chi connectivity index (χ4n) is 3.19. The van der Waals surface area contributed by atoms with Crippen molar-refractivity contribution in [1.29, 1.82) is 0 Å². The topological polar surface area (TPSA) is 29.5 Å². The van der Waals surface area contributed by atoms with Crippen molar-refractivity contribution >= 4 is 5.78 Å². The van der Waals surface area contributed by atoms with E-state index in [-0.39, 0.29) is 22.5 Å². The molecule has 0 radical (unpaired) electrons. The Morgan fingerprint density at radius 3 is 2.33 bits per heavy atom. The van der Waals surface area contributed by atoms with Crippen molar-refractivity contribution in [3.05, 3.63) is 35.6 Å². The maximum atomic E-state index is 13.6. The minimum absolute atomic E-state index is 0.143. The maximum absolute atomic E-state index is 13.6. The molecule has 1 aliphatic heterocycles. The van der Waals surface area contributed by atoms with E-state index in [1.54, 1.807) is 18.2 Å². The SMILES string of the molecule is CC1(C)CN(CCC(=O)c2ccccc2F)CC(C)(C)O1. The Hall–Kier alpha value is -1.26. The number of halogens is 1. The van der Waals surface area contributed by atoms with Crippen LogP contribution >= 0.6 is 0 Å². The third kappa shape index (κ3) is 4.35. The van der Waals surface area contributed by atoms with Crippen LogP contribution in [-0.2, 0) is 4.74 Å². The molecule has 1 aliphatic rings. The molecular formula is C17H24FNO2. The Bertz CT molecular complexity index is 509. The van der Waals surface area contributed by atoms with E-state index in [0.717, 1.165) is 13.1 Å². The summed E-state index contributed by atoms with van der Waals surface area (Å²) < 4.78 is 19.6. The molecule has 0 spiro atoms. The average molecular weight is 293 g/mol. The van der Waals surface area contributed by atoms with Crippen LogP contribution in [0.1, 0.15) is 44.5 Å². The van der Waals surface area contributed by atoms with Gasteiger partial charge in [0.15, 0.2) is 5.78 Å². The van der Waals surface area contributed by atoms with Gasteiger partial charge in [-0.05, 0) is 39.8 Å². The van der Waals surface area contributed by atoms with Crippen molar-refractivity contribution < 1.29 is 13.9 Å². The number of rotatable bonds is 4. The van der Waals surface area contributed by atoms with Crippen LogP contribution in [0.2, 0.25) is 0 Å². The summed E-state index contributed by atoms with van der Waals surface area (Å²) in [6, 6.07) is 6.16. The van der Waals surface area contributed by atoms with Gasteiger partial charge < -0.3 is 4.74 Å². The summed E-state index contributed by atoms with van der Waals surface area (Å²) in [5.74, 6) is -0.583. The van der Waals surface area contributed by atoms with Crippen molar-refractivity contribution in [3.8, 4) is 0 Å². The molecule has 4 heteroatoms. The van der Waals surface area contributed by atoms with Crippen LogP contribution in [0.25, 0.3) is 0 Å². The highest BCUT2D eigenvalue weighted by molar-refractivity contribution is 5.96. The molecular weight excluding hydrogens is 269 g/mol. The zero-order chi connectivity index (χ0) is 15.7. The van der Waals surface area contributed by atoms with Crippen molar-refractivity contribution in [3.63, 3.8) is 0 Å². The highest BCUT2D eigenvalue weighted by Crippen LogP contribution is 2.28. The Kier molecular flexibility index (Phi) is 4.49. The lowest BCUT2D eigenvalue weighted by Crippen LogP contribution is -2.57. The number of benzene rings is 1. The minimum atomic E-state index is -0.440. The smallest absolute Gasteiger partial charge is 0.167 e. The molecule has 1 aromatic rings. The summed E-state index contributed by atoms with van der Waals surface area (Å²) >= 11 is 0. The van der Waals surface area contributed by atoms with Crippen LogP contribution in [0.4, 0.5) is 4.39 Å². The van der Waals surface area contributed by atoms with Crippen LogP contribution in [0, 0.1) is 5.82 Å². The van der Waals surface area contributed by atoms with Gasteiger partial charge in [0, 0.05) is 26.1 Å². The van der Waals surface area contributed by atoms with Gasteiger partial charge >= 0.3 is 0 Å². The first-order chi connectivity index (χ1) is 9.69. The normalized spacial score (nSPS) is 21.2. The predicted molar refractivity (Wildman–Crippen MR) is 81.0 cm³/mol. The van der Waals surface area contributed by atoms with Gasteiger partial charge in [-0.25, -0.2) is 4.39 Å². The van der Waals surface area contributed by atoms with E-state index in [1.807, 2.05) is 0 Å². The van der Waals surface area contributed by atoms with Gasteiger partial charge in [0.25, 0.3) is 0 Å². The molecule has 0 aliphatic carbocycles. The van der Waals surface area contributed by atoms with Gasteiger partial charge in [0.05, 0.1) is 16.8 Å². The second-order valence-electron chi connectivity index (χ2n) is 6.99. The van der Waals surface area contributed by atoms with Crippen molar-refractivity contribution in [1.82, 2.24) is 4.90 Å². The number of Topliss-reactive ketones (excluding diaryl/α,β-unsaturated/α-hetero) is 1. The first-order valence-electron chi connectivity index (χ1n) is 7.39. The molecule has 1 heterocycles. The molecule has 1 aromatic carbocycles. The van der Waals surface area contributed by atoms with Gasteiger partial charge in [-0.1, -0.05) is 12.1 Å². The average Bonchev–Trinajstić information content (AvgIpc) is 2.33. The molecule has 1 saturated heterocycles. The van der Waals surface area contributed by atoms with Gasteiger partial charge in [0.2, 0.25) is 0 Å². The summed E-state index contributed by atoms with van der Waals surface area (Å²) in [7, 11) is 0. The Labute approximate surface area is 126 Å². The van der Waals surface area contributed by atoms with Crippen LogP contribution in [0.15, 0.2) is 24.3 Å². The van der Waals surface area contributed by atoms with E-state index in [2.05, 4.69) is 32.6 Å². The summed E-state index contributed by atoms with van der Waals surface area (Å²) in [5, 5.41) is 0. The van der Waals surface area contributed by atoms with Gasteiger partial charge in [-0.3, -0.25) is 9.69 Å². The molecule has 1 fully saturated rings. The number of ether oxygens (including phenoxy) is 1. The van der Waals surface area contributed by atoms with Crippen LogP contribution < -0.4 is 0 Å². The first kappa shape index (κ1) is 16.1. The zero-order valence-corrected chi connectivity index (χ0v) is 13.3. The molecule has 3 nitrogen and oxygen atoms in total. The highest BCUT2D eigenvalue weighted by atomic mass is 19.1. The predicted octanol–water partition coefficient (Wildman–Crippen LogP) is 3.29. The third-order valence-corrected chi connectivity index (χ3v) is 3.59. The molecule has 2 rings (SSSR count). The van der Waals surface area contributed by atoms with E-state index in [1.165, 1.54) is 6.07 Å². The second kappa shape index (κ2) is 5.85. The fourth-order valence-corrected chi connectivity index (χ4v) is 3.19. The van der Waals surface area contributed by atoms with E-state index in [0.29, 0.717) is 13.0 Å². The van der Waals surface area contributed by atoms with E-state index < -0.39 is 5.82 Å². The standard InChI is InChI=1S/C17H24FNO2/c1-16(2)11-19(12-17(3,4)21-16)10-9-15(20)13-7-5-6-8-14(13)18/h5-8H,9-12H2,1-4H3. The van der Waals surface area contributed by atoms with Gasteiger partial charge in [-0.15, -0.1) is 0 Å².